The highest BCUT2D eigenvalue weighted by molar-refractivity contribution is 6.62. The molecule has 112 valence electrons. The molecule has 1 N–H and O–H groups in total. The lowest BCUT2D eigenvalue weighted by Crippen LogP contribution is -2.41. The lowest BCUT2D eigenvalue weighted by atomic mass is 9.79. The Hall–Kier alpha value is -1.40. The molecule has 0 unspecified atom stereocenters. The lowest BCUT2D eigenvalue weighted by molar-refractivity contribution is -0.119. The Kier molecular flexibility index (Phi) is 2.82. The molecule has 0 aromatic carbocycles. The quantitative estimate of drug-likeness (QED) is 0.798. The maximum atomic E-state index is 12.0. The van der Waals surface area contributed by atoms with Crippen molar-refractivity contribution in [2.45, 2.75) is 58.2 Å². The Morgan fingerprint density at radius 1 is 1.10 bits per heavy atom. The standard InChI is InChI=1S/C15H21BN2O3/c1-13(2)11-10(18-12(13)19)7-9(8-17-11)16-20-14(3,4)15(5,6)21-16/h7-8H,1-6H3,(H,18,19). The summed E-state index contributed by atoms with van der Waals surface area (Å²) in [6.07, 6.45) is 1.74. The molecule has 0 bridgehead atoms. The second-order valence-corrected chi connectivity index (χ2v) is 7.33. The molecule has 1 aromatic rings. The largest absolute Gasteiger partial charge is 0.496 e. The van der Waals surface area contributed by atoms with E-state index in [-0.39, 0.29) is 17.1 Å². The van der Waals surface area contributed by atoms with Crippen LogP contribution in [0.15, 0.2) is 12.3 Å². The molecular formula is C15H21BN2O3. The SMILES string of the molecule is CC1(C)C(=O)Nc2cc(B3OC(C)(C)C(C)(C)O3)cnc21. The summed E-state index contributed by atoms with van der Waals surface area (Å²) < 4.78 is 12.0. The van der Waals surface area contributed by atoms with Crippen molar-refractivity contribution < 1.29 is 14.1 Å². The van der Waals surface area contributed by atoms with Crippen molar-refractivity contribution in [2.75, 3.05) is 5.32 Å². The van der Waals surface area contributed by atoms with Crippen molar-refractivity contribution in [3.8, 4) is 0 Å². The Bertz CT molecular complexity index is 609. The van der Waals surface area contributed by atoms with E-state index in [0.717, 1.165) is 16.8 Å². The molecule has 1 amide bonds. The second kappa shape index (κ2) is 4.08. The van der Waals surface area contributed by atoms with Crippen molar-refractivity contribution in [2.24, 2.45) is 0 Å². The number of hydrogen-bond acceptors (Lipinski definition) is 4. The first kappa shape index (κ1) is 14.5. The summed E-state index contributed by atoms with van der Waals surface area (Å²) in [5.41, 5.74) is 0.970. The average Bonchev–Trinajstić information content (AvgIpc) is 2.70. The highest BCUT2D eigenvalue weighted by Gasteiger charge is 2.52. The topological polar surface area (TPSA) is 60.5 Å². The molecule has 0 aliphatic carbocycles. The van der Waals surface area contributed by atoms with Gasteiger partial charge in [0.25, 0.3) is 0 Å². The van der Waals surface area contributed by atoms with Crippen LogP contribution in [0.1, 0.15) is 47.2 Å². The molecule has 0 radical (unpaired) electrons. The van der Waals surface area contributed by atoms with Crippen LogP contribution in [0.3, 0.4) is 0 Å². The maximum Gasteiger partial charge on any atom is 0.496 e. The van der Waals surface area contributed by atoms with E-state index in [4.69, 9.17) is 9.31 Å². The van der Waals surface area contributed by atoms with Crippen molar-refractivity contribution >= 4 is 24.2 Å². The summed E-state index contributed by atoms with van der Waals surface area (Å²) in [6, 6.07) is 1.90. The van der Waals surface area contributed by atoms with Gasteiger partial charge in [0.05, 0.1) is 28.0 Å². The first-order valence-electron chi connectivity index (χ1n) is 7.22. The van der Waals surface area contributed by atoms with Gasteiger partial charge in [0.1, 0.15) is 0 Å². The lowest BCUT2D eigenvalue weighted by Gasteiger charge is -2.32. The number of aromatic nitrogens is 1. The van der Waals surface area contributed by atoms with Gasteiger partial charge in [-0.05, 0) is 47.6 Å². The number of fused-ring (bicyclic) bond motifs is 1. The van der Waals surface area contributed by atoms with Crippen LogP contribution in [0.25, 0.3) is 0 Å². The molecule has 6 heteroatoms. The highest BCUT2D eigenvalue weighted by atomic mass is 16.7. The van der Waals surface area contributed by atoms with Gasteiger partial charge in [0, 0.05) is 11.7 Å². The fourth-order valence-electron chi connectivity index (χ4n) is 2.57. The summed E-state index contributed by atoms with van der Waals surface area (Å²) in [5.74, 6) is -0.0314. The summed E-state index contributed by atoms with van der Waals surface area (Å²) in [5, 5.41) is 2.88. The van der Waals surface area contributed by atoms with E-state index in [0.29, 0.717) is 0 Å². The second-order valence-electron chi connectivity index (χ2n) is 7.33. The van der Waals surface area contributed by atoms with Gasteiger partial charge in [-0.15, -0.1) is 0 Å². The van der Waals surface area contributed by atoms with E-state index in [1.807, 2.05) is 47.6 Å². The van der Waals surface area contributed by atoms with Crippen molar-refractivity contribution in [3.05, 3.63) is 18.0 Å². The molecule has 1 fully saturated rings. The van der Waals surface area contributed by atoms with Gasteiger partial charge in [0.2, 0.25) is 5.91 Å². The smallest absolute Gasteiger partial charge is 0.399 e. The van der Waals surface area contributed by atoms with Crippen molar-refractivity contribution in [1.82, 2.24) is 4.98 Å². The molecule has 2 aliphatic rings. The predicted molar refractivity (Wildman–Crippen MR) is 81.6 cm³/mol. The minimum atomic E-state index is -0.593. The summed E-state index contributed by atoms with van der Waals surface area (Å²) in [6.45, 7) is 11.8. The zero-order valence-corrected chi connectivity index (χ0v) is 13.4. The molecule has 21 heavy (non-hydrogen) atoms. The maximum absolute atomic E-state index is 12.0. The number of nitrogens with zero attached hydrogens (tertiary/aromatic N) is 1. The van der Waals surface area contributed by atoms with Crippen LogP contribution in [0.5, 0.6) is 0 Å². The van der Waals surface area contributed by atoms with Crippen LogP contribution in [0.4, 0.5) is 5.69 Å². The van der Waals surface area contributed by atoms with E-state index >= 15 is 0 Å². The van der Waals surface area contributed by atoms with Gasteiger partial charge in [0.15, 0.2) is 0 Å². The van der Waals surface area contributed by atoms with Crippen LogP contribution < -0.4 is 10.8 Å². The highest BCUT2D eigenvalue weighted by Crippen LogP contribution is 2.38. The van der Waals surface area contributed by atoms with Gasteiger partial charge < -0.3 is 14.6 Å². The predicted octanol–water partition coefficient (Wildman–Crippen LogP) is 1.61. The fourth-order valence-corrected chi connectivity index (χ4v) is 2.57. The Labute approximate surface area is 125 Å². The third kappa shape index (κ3) is 2.00. The van der Waals surface area contributed by atoms with Crippen molar-refractivity contribution in [3.63, 3.8) is 0 Å². The number of carbonyl (C=O) groups is 1. The first-order chi connectivity index (χ1) is 9.54. The third-order valence-corrected chi connectivity index (χ3v) is 4.84. The molecule has 1 aromatic heterocycles. The minimum absolute atomic E-state index is 0.0314. The van der Waals surface area contributed by atoms with Crippen LogP contribution in [-0.4, -0.2) is 29.2 Å². The fraction of sp³-hybridized carbons (Fsp3) is 0.600. The molecule has 3 heterocycles. The monoisotopic (exact) mass is 288 g/mol. The number of amides is 1. The summed E-state index contributed by atoms with van der Waals surface area (Å²) in [7, 11) is -0.464. The number of hydrogen-bond donors (Lipinski definition) is 1. The van der Waals surface area contributed by atoms with Gasteiger partial charge in [-0.25, -0.2) is 0 Å². The Morgan fingerprint density at radius 3 is 2.24 bits per heavy atom. The summed E-state index contributed by atoms with van der Waals surface area (Å²) >= 11 is 0. The third-order valence-electron chi connectivity index (χ3n) is 4.84. The molecular weight excluding hydrogens is 267 g/mol. The molecule has 5 nitrogen and oxygen atoms in total. The average molecular weight is 288 g/mol. The van der Waals surface area contributed by atoms with Crippen LogP contribution in [0.2, 0.25) is 0 Å². The van der Waals surface area contributed by atoms with Gasteiger partial charge in [-0.1, -0.05) is 0 Å². The van der Waals surface area contributed by atoms with Gasteiger partial charge >= 0.3 is 7.12 Å². The summed E-state index contributed by atoms with van der Waals surface area (Å²) in [4.78, 5) is 16.4. The molecule has 0 spiro atoms. The van der Waals surface area contributed by atoms with E-state index < -0.39 is 12.5 Å². The number of anilines is 1. The minimum Gasteiger partial charge on any atom is -0.399 e. The Balaban J connectivity index is 1.94. The molecule has 0 saturated carbocycles. The van der Waals surface area contributed by atoms with Crippen LogP contribution in [0, 0.1) is 0 Å². The van der Waals surface area contributed by atoms with E-state index in [9.17, 15) is 4.79 Å². The van der Waals surface area contributed by atoms with E-state index in [1.54, 1.807) is 6.20 Å². The van der Waals surface area contributed by atoms with Crippen LogP contribution >= 0.6 is 0 Å². The van der Waals surface area contributed by atoms with Gasteiger partial charge in [-0.2, -0.15) is 0 Å². The van der Waals surface area contributed by atoms with E-state index in [2.05, 4.69) is 10.3 Å². The normalized spacial score (nSPS) is 24.9. The zero-order valence-electron chi connectivity index (χ0n) is 13.4. The Morgan fingerprint density at radius 2 is 1.67 bits per heavy atom. The number of pyridine rings is 1. The molecule has 3 rings (SSSR count). The zero-order chi connectivity index (χ0) is 15.6. The first-order valence-corrected chi connectivity index (χ1v) is 7.22. The van der Waals surface area contributed by atoms with Gasteiger partial charge in [-0.3, -0.25) is 9.78 Å². The van der Waals surface area contributed by atoms with Crippen LogP contribution in [-0.2, 0) is 19.5 Å². The molecule has 1 saturated heterocycles. The number of carbonyl (C=O) groups excluding carboxylic acids is 1. The van der Waals surface area contributed by atoms with Crippen molar-refractivity contribution in [1.29, 1.82) is 0 Å². The number of nitrogens with one attached hydrogen (secondary N) is 1. The van der Waals surface area contributed by atoms with E-state index in [1.165, 1.54) is 0 Å². The number of rotatable bonds is 1. The molecule has 2 aliphatic heterocycles. The molecule has 0 atom stereocenters.